The molecule has 0 amide bonds. The van der Waals surface area contributed by atoms with E-state index in [0.717, 1.165) is 57.8 Å². The Bertz CT molecular complexity index is 1250. The molecule has 12 nitrogen and oxygen atoms in total. The normalized spacial score (nSPS) is 21.0. The van der Waals surface area contributed by atoms with Crippen LogP contribution in [0.2, 0.25) is 0 Å². The minimum absolute atomic E-state index is 0.138. The highest BCUT2D eigenvalue weighted by atomic mass is 32.2. The molecule has 6 atom stereocenters. The summed E-state index contributed by atoms with van der Waals surface area (Å²) in [6, 6.07) is 0. The van der Waals surface area contributed by atoms with Gasteiger partial charge in [-0.05, 0) is 32.1 Å². The van der Waals surface area contributed by atoms with E-state index in [2.05, 4.69) is 26.0 Å². The van der Waals surface area contributed by atoms with Crippen molar-refractivity contribution in [2.75, 3.05) is 19.0 Å². The van der Waals surface area contributed by atoms with E-state index in [1.807, 2.05) is 36.5 Å². The van der Waals surface area contributed by atoms with Gasteiger partial charge in [0.25, 0.3) is 10.1 Å². The quantitative estimate of drug-likeness (QED) is 0.0207. The van der Waals surface area contributed by atoms with Crippen LogP contribution in [-0.2, 0) is 38.7 Å². The topological polar surface area (TPSA) is 186 Å². The van der Waals surface area contributed by atoms with Crippen LogP contribution < -0.4 is 0 Å². The van der Waals surface area contributed by atoms with Crippen molar-refractivity contribution in [2.45, 2.75) is 198 Å². The molecule has 2 unspecified atom stereocenters. The molecule has 1 aliphatic heterocycles. The van der Waals surface area contributed by atoms with E-state index < -0.39 is 71.2 Å². The van der Waals surface area contributed by atoms with Gasteiger partial charge in [-0.2, -0.15) is 8.42 Å². The molecule has 13 heteroatoms. The maximum absolute atomic E-state index is 12.8. The molecule has 330 valence electrons. The first-order chi connectivity index (χ1) is 27.5. The third-order valence-corrected chi connectivity index (χ3v) is 10.5. The number of aliphatic hydroxyl groups excluding tert-OH is 3. The minimum atomic E-state index is -4.60. The second-order valence-corrected chi connectivity index (χ2v) is 16.6. The summed E-state index contributed by atoms with van der Waals surface area (Å²) in [6.07, 6.45) is 30.1. The van der Waals surface area contributed by atoms with Crippen LogP contribution in [0, 0.1) is 0 Å². The van der Waals surface area contributed by atoms with Gasteiger partial charge in [0.05, 0.1) is 6.61 Å². The summed E-state index contributed by atoms with van der Waals surface area (Å²) in [5, 5.41) is 30.8. The van der Waals surface area contributed by atoms with E-state index in [0.29, 0.717) is 12.8 Å². The highest BCUT2D eigenvalue weighted by molar-refractivity contribution is 7.85. The summed E-state index contributed by atoms with van der Waals surface area (Å²) in [6.45, 7) is 3.59. The molecule has 0 aromatic rings. The largest absolute Gasteiger partial charge is 0.462 e. The van der Waals surface area contributed by atoms with Crippen molar-refractivity contribution < 1.29 is 56.8 Å². The third kappa shape index (κ3) is 29.5. The van der Waals surface area contributed by atoms with Gasteiger partial charge in [0.1, 0.15) is 36.8 Å². The van der Waals surface area contributed by atoms with Gasteiger partial charge in [-0.3, -0.25) is 14.1 Å². The molecule has 0 aliphatic carbocycles. The molecule has 4 N–H and O–H groups in total. The highest BCUT2D eigenvalue weighted by Crippen LogP contribution is 2.24. The fraction of sp³-hybridized carbons (Fsp3) is 0.773. The molecule has 1 rings (SSSR count). The first-order valence-electron chi connectivity index (χ1n) is 21.7. The molecular formula is C44H76O12S. The lowest BCUT2D eigenvalue weighted by Gasteiger charge is -2.40. The van der Waals surface area contributed by atoms with Gasteiger partial charge in [0, 0.05) is 12.8 Å². The molecule has 0 saturated carbocycles. The maximum atomic E-state index is 12.8. The molecule has 0 bridgehead atoms. The second kappa shape index (κ2) is 34.5. The zero-order chi connectivity index (χ0) is 42.0. The van der Waals surface area contributed by atoms with Gasteiger partial charge in [-0.25, -0.2) is 0 Å². The number of ether oxygens (including phenoxy) is 4. The number of rotatable bonds is 35. The van der Waals surface area contributed by atoms with Crippen molar-refractivity contribution in [1.29, 1.82) is 0 Å². The number of carbonyl (C=O) groups is 2. The zero-order valence-electron chi connectivity index (χ0n) is 34.9. The van der Waals surface area contributed by atoms with E-state index in [-0.39, 0.29) is 19.4 Å². The molecule has 0 aromatic carbocycles. The number of allylic oxidation sites excluding steroid dienone is 8. The fourth-order valence-corrected chi connectivity index (χ4v) is 7.08. The van der Waals surface area contributed by atoms with E-state index in [4.69, 9.17) is 18.9 Å². The van der Waals surface area contributed by atoms with Crippen LogP contribution in [0.1, 0.15) is 162 Å². The molecule has 1 aliphatic rings. The van der Waals surface area contributed by atoms with Gasteiger partial charge < -0.3 is 34.3 Å². The number of carbonyl (C=O) groups excluding carboxylic acids is 2. The Labute approximate surface area is 343 Å². The van der Waals surface area contributed by atoms with Crippen LogP contribution in [0.3, 0.4) is 0 Å². The summed E-state index contributed by atoms with van der Waals surface area (Å²) >= 11 is 0. The zero-order valence-corrected chi connectivity index (χ0v) is 35.7. The average molecular weight is 829 g/mol. The van der Waals surface area contributed by atoms with Crippen LogP contribution in [0.15, 0.2) is 48.6 Å². The smallest absolute Gasteiger partial charge is 0.306 e. The Morgan fingerprint density at radius 1 is 0.614 bits per heavy atom. The van der Waals surface area contributed by atoms with Gasteiger partial charge in [0.2, 0.25) is 0 Å². The second-order valence-electron chi connectivity index (χ2n) is 15.1. The van der Waals surface area contributed by atoms with Gasteiger partial charge in [-0.1, -0.05) is 165 Å². The van der Waals surface area contributed by atoms with E-state index in [1.54, 1.807) is 0 Å². The van der Waals surface area contributed by atoms with Crippen molar-refractivity contribution >= 4 is 22.1 Å². The Hall–Kier alpha value is -2.39. The summed E-state index contributed by atoms with van der Waals surface area (Å²) < 4.78 is 54.0. The lowest BCUT2D eigenvalue weighted by molar-refractivity contribution is -0.297. The summed E-state index contributed by atoms with van der Waals surface area (Å²) in [4.78, 5) is 25.4. The molecule has 1 saturated heterocycles. The molecule has 0 aromatic heterocycles. The van der Waals surface area contributed by atoms with Crippen LogP contribution in [0.4, 0.5) is 0 Å². The van der Waals surface area contributed by atoms with E-state index >= 15 is 0 Å². The first kappa shape index (κ1) is 52.6. The molecule has 1 fully saturated rings. The Morgan fingerprint density at radius 3 is 1.65 bits per heavy atom. The van der Waals surface area contributed by atoms with Crippen molar-refractivity contribution in [3.8, 4) is 0 Å². The van der Waals surface area contributed by atoms with Crippen LogP contribution in [0.25, 0.3) is 0 Å². The molecular weight excluding hydrogens is 753 g/mol. The number of esters is 2. The van der Waals surface area contributed by atoms with E-state index in [1.165, 1.54) is 64.2 Å². The van der Waals surface area contributed by atoms with Crippen molar-refractivity contribution in [1.82, 2.24) is 0 Å². The number of unbranched alkanes of at least 4 members (excludes halogenated alkanes) is 18. The van der Waals surface area contributed by atoms with Crippen molar-refractivity contribution in [3.05, 3.63) is 48.6 Å². The van der Waals surface area contributed by atoms with Crippen LogP contribution >= 0.6 is 0 Å². The minimum Gasteiger partial charge on any atom is -0.462 e. The van der Waals surface area contributed by atoms with Crippen LogP contribution in [-0.4, -0.2) is 96.0 Å². The predicted octanol–water partition coefficient (Wildman–Crippen LogP) is 8.39. The monoisotopic (exact) mass is 829 g/mol. The van der Waals surface area contributed by atoms with Crippen molar-refractivity contribution in [2.24, 2.45) is 0 Å². The predicted molar refractivity (Wildman–Crippen MR) is 224 cm³/mol. The molecule has 0 spiro atoms. The first-order valence-corrected chi connectivity index (χ1v) is 23.4. The Morgan fingerprint density at radius 2 is 1.11 bits per heavy atom. The SMILES string of the molecule is CC/C=C/C=C/C=C/C=C/CCCCCCCC(=O)O[C@H](COC(=O)CCCCCCCCCCCCCCCC)CO[C@H]1O[C@H](CS(=O)(=O)O)[C@@H](O)C(O)C1O. The Kier molecular flexibility index (Phi) is 31.8. The van der Waals surface area contributed by atoms with Gasteiger partial charge in [-0.15, -0.1) is 0 Å². The van der Waals surface area contributed by atoms with Gasteiger partial charge in [0.15, 0.2) is 12.4 Å². The van der Waals surface area contributed by atoms with Gasteiger partial charge >= 0.3 is 11.9 Å². The average Bonchev–Trinajstić information content (AvgIpc) is 3.17. The molecule has 0 radical (unpaired) electrons. The summed E-state index contributed by atoms with van der Waals surface area (Å²) in [5.74, 6) is -2.01. The van der Waals surface area contributed by atoms with Crippen molar-refractivity contribution in [3.63, 3.8) is 0 Å². The summed E-state index contributed by atoms with van der Waals surface area (Å²) in [5.41, 5.74) is 0. The number of aliphatic hydroxyl groups is 3. The lowest BCUT2D eigenvalue weighted by Crippen LogP contribution is -2.60. The molecule has 1 heterocycles. The third-order valence-electron chi connectivity index (χ3n) is 9.77. The lowest BCUT2D eigenvalue weighted by atomic mass is 10.00. The Balaban J connectivity index is 2.49. The summed E-state index contributed by atoms with van der Waals surface area (Å²) in [7, 11) is -4.60. The number of hydrogen-bond acceptors (Lipinski definition) is 11. The van der Waals surface area contributed by atoms with E-state index in [9.17, 15) is 37.9 Å². The number of hydrogen-bond donors (Lipinski definition) is 4. The standard InChI is InChI=1S/C44H76O12S/c1-3-5-7-9-11-13-15-17-19-21-23-25-27-29-31-33-40(46)55-37(35-54-44-43(49)42(48)41(47)38(56-44)36-57(50,51)52)34-53-39(45)32-30-28-26-24-22-20-18-16-14-12-10-8-6-4-2/h5,7,9,11,13,15,17,19,37-38,41-44,47-49H,3-4,6,8,10,12,14,16,18,20-36H2,1-2H3,(H,50,51,52)/b7-5+,11-9+,15-13+,19-17+/t37-,38-,41-,42?,43?,44+/m1/s1. The fourth-order valence-electron chi connectivity index (χ4n) is 6.39. The highest BCUT2D eigenvalue weighted by Gasteiger charge is 2.46. The van der Waals surface area contributed by atoms with Crippen LogP contribution in [0.5, 0.6) is 0 Å². The maximum Gasteiger partial charge on any atom is 0.306 e. The molecule has 57 heavy (non-hydrogen) atoms.